The molecule has 0 bridgehead atoms. The van der Waals surface area contributed by atoms with E-state index in [-0.39, 0.29) is 11.9 Å². The van der Waals surface area contributed by atoms with Gasteiger partial charge in [-0.05, 0) is 29.1 Å². The molecule has 0 aliphatic carbocycles. The Bertz CT molecular complexity index is 860. The maximum absolute atomic E-state index is 11.9. The fourth-order valence-electron chi connectivity index (χ4n) is 2.31. The van der Waals surface area contributed by atoms with E-state index >= 15 is 0 Å². The standard InChI is InChI=1S/C16H13N3O4S/c20-15(13-2-1-7-24-13)17-16-19-18-14(23-16)9-10-3-4-11-12(8-10)22-6-5-21-11/h1-4,7-8H,5-6,9H2,(H,17,19,20). The summed E-state index contributed by atoms with van der Waals surface area (Å²) in [6, 6.07) is 9.29. The first kappa shape index (κ1) is 14.7. The van der Waals surface area contributed by atoms with Gasteiger partial charge in [-0.15, -0.1) is 16.4 Å². The Balaban J connectivity index is 1.44. The second-order valence-corrected chi connectivity index (χ2v) is 6.03. The number of ether oxygens (including phenoxy) is 2. The topological polar surface area (TPSA) is 86.5 Å². The van der Waals surface area contributed by atoms with Gasteiger partial charge in [-0.3, -0.25) is 10.1 Å². The van der Waals surface area contributed by atoms with E-state index in [9.17, 15) is 4.79 Å². The molecule has 0 spiro atoms. The minimum atomic E-state index is -0.264. The molecule has 0 fully saturated rings. The van der Waals surface area contributed by atoms with E-state index < -0.39 is 0 Å². The molecule has 24 heavy (non-hydrogen) atoms. The van der Waals surface area contributed by atoms with E-state index in [1.807, 2.05) is 23.6 Å². The van der Waals surface area contributed by atoms with Crippen LogP contribution in [-0.4, -0.2) is 29.3 Å². The van der Waals surface area contributed by atoms with Crippen molar-refractivity contribution < 1.29 is 18.7 Å². The Morgan fingerprint density at radius 1 is 1.17 bits per heavy atom. The molecular weight excluding hydrogens is 330 g/mol. The average Bonchev–Trinajstić information content (AvgIpc) is 3.27. The smallest absolute Gasteiger partial charge is 0.322 e. The van der Waals surface area contributed by atoms with Gasteiger partial charge in [-0.1, -0.05) is 17.2 Å². The summed E-state index contributed by atoms with van der Waals surface area (Å²) in [4.78, 5) is 12.5. The van der Waals surface area contributed by atoms with Gasteiger partial charge in [-0.2, -0.15) is 0 Å². The number of thiophene rings is 1. The number of hydrogen-bond donors (Lipinski definition) is 1. The van der Waals surface area contributed by atoms with E-state index in [0.717, 1.165) is 11.3 Å². The molecule has 0 saturated carbocycles. The van der Waals surface area contributed by atoms with Crippen molar-refractivity contribution in [1.82, 2.24) is 10.2 Å². The quantitative estimate of drug-likeness (QED) is 0.784. The summed E-state index contributed by atoms with van der Waals surface area (Å²) in [5.74, 6) is 1.59. The molecule has 3 aromatic rings. The van der Waals surface area contributed by atoms with E-state index in [0.29, 0.717) is 36.2 Å². The van der Waals surface area contributed by atoms with Crippen molar-refractivity contribution in [1.29, 1.82) is 0 Å². The Hall–Kier alpha value is -2.87. The maximum Gasteiger partial charge on any atom is 0.322 e. The van der Waals surface area contributed by atoms with Crippen LogP contribution < -0.4 is 14.8 Å². The van der Waals surface area contributed by atoms with Gasteiger partial charge in [0, 0.05) is 0 Å². The minimum absolute atomic E-state index is 0.0842. The van der Waals surface area contributed by atoms with Crippen molar-refractivity contribution in [2.45, 2.75) is 6.42 Å². The van der Waals surface area contributed by atoms with Gasteiger partial charge in [0.25, 0.3) is 5.91 Å². The fourth-order valence-corrected chi connectivity index (χ4v) is 2.93. The highest BCUT2D eigenvalue weighted by Gasteiger charge is 2.15. The molecule has 4 rings (SSSR count). The predicted octanol–water partition coefficient (Wildman–Crippen LogP) is 2.75. The van der Waals surface area contributed by atoms with Gasteiger partial charge >= 0.3 is 6.01 Å². The molecule has 0 unspecified atom stereocenters. The lowest BCUT2D eigenvalue weighted by molar-refractivity contribution is 0.102. The second-order valence-electron chi connectivity index (χ2n) is 5.09. The van der Waals surface area contributed by atoms with Crippen LogP contribution in [-0.2, 0) is 6.42 Å². The summed E-state index contributed by atoms with van der Waals surface area (Å²) < 4.78 is 16.5. The molecule has 1 aliphatic heterocycles. The molecule has 0 saturated heterocycles. The van der Waals surface area contributed by atoms with Crippen LogP contribution in [0.3, 0.4) is 0 Å². The monoisotopic (exact) mass is 343 g/mol. The number of rotatable bonds is 4. The van der Waals surface area contributed by atoms with Crippen molar-refractivity contribution in [2.75, 3.05) is 18.5 Å². The highest BCUT2D eigenvalue weighted by molar-refractivity contribution is 7.12. The Labute approximate surface area is 141 Å². The number of anilines is 1. The zero-order chi connectivity index (χ0) is 16.4. The molecule has 3 heterocycles. The molecule has 0 atom stereocenters. The van der Waals surface area contributed by atoms with Crippen LogP contribution in [0.1, 0.15) is 21.1 Å². The third-order valence-corrected chi connectivity index (χ3v) is 4.26. The molecular formula is C16H13N3O4S. The summed E-state index contributed by atoms with van der Waals surface area (Å²) >= 11 is 1.35. The van der Waals surface area contributed by atoms with E-state index in [1.165, 1.54) is 11.3 Å². The van der Waals surface area contributed by atoms with Crippen molar-refractivity contribution in [3.05, 3.63) is 52.0 Å². The van der Waals surface area contributed by atoms with Gasteiger partial charge in [0.1, 0.15) is 13.2 Å². The molecule has 2 aromatic heterocycles. The third kappa shape index (κ3) is 3.09. The molecule has 122 valence electrons. The summed E-state index contributed by atoms with van der Waals surface area (Å²) in [5.41, 5.74) is 0.957. The Morgan fingerprint density at radius 3 is 2.88 bits per heavy atom. The normalized spacial score (nSPS) is 12.8. The zero-order valence-electron chi connectivity index (χ0n) is 12.5. The molecule has 1 amide bonds. The van der Waals surface area contributed by atoms with Gasteiger partial charge in [0.05, 0.1) is 11.3 Å². The Morgan fingerprint density at radius 2 is 2.04 bits per heavy atom. The number of amides is 1. The van der Waals surface area contributed by atoms with Gasteiger partial charge in [0.2, 0.25) is 5.89 Å². The first-order valence-electron chi connectivity index (χ1n) is 7.34. The van der Waals surface area contributed by atoms with Crippen molar-refractivity contribution in [3.63, 3.8) is 0 Å². The summed E-state index contributed by atoms with van der Waals surface area (Å²) in [7, 11) is 0. The molecule has 1 aromatic carbocycles. The number of carbonyl (C=O) groups excluding carboxylic acids is 1. The number of nitrogens with one attached hydrogen (secondary N) is 1. The number of hydrogen-bond acceptors (Lipinski definition) is 7. The lowest BCUT2D eigenvalue weighted by Gasteiger charge is -2.18. The van der Waals surface area contributed by atoms with Gasteiger partial charge in [-0.25, -0.2) is 0 Å². The largest absolute Gasteiger partial charge is 0.486 e. The van der Waals surface area contributed by atoms with Gasteiger partial charge in [0.15, 0.2) is 11.5 Å². The van der Waals surface area contributed by atoms with Crippen LogP contribution in [0, 0.1) is 0 Å². The SMILES string of the molecule is O=C(Nc1nnc(Cc2ccc3c(c2)OCCO3)o1)c1cccs1. The summed E-state index contributed by atoms with van der Waals surface area (Å²) in [6.45, 7) is 1.10. The zero-order valence-corrected chi connectivity index (χ0v) is 13.3. The molecule has 8 heteroatoms. The summed E-state index contributed by atoms with van der Waals surface area (Å²) in [6.07, 6.45) is 0.443. The van der Waals surface area contributed by atoms with Crippen LogP contribution in [0.5, 0.6) is 11.5 Å². The van der Waals surface area contributed by atoms with Crippen molar-refractivity contribution >= 4 is 23.3 Å². The first-order valence-corrected chi connectivity index (χ1v) is 8.22. The van der Waals surface area contributed by atoms with E-state index in [1.54, 1.807) is 12.1 Å². The lowest BCUT2D eigenvalue weighted by Crippen LogP contribution is -2.15. The highest BCUT2D eigenvalue weighted by atomic mass is 32.1. The average molecular weight is 343 g/mol. The predicted molar refractivity (Wildman–Crippen MR) is 86.8 cm³/mol. The maximum atomic E-state index is 11.9. The highest BCUT2D eigenvalue weighted by Crippen LogP contribution is 2.31. The van der Waals surface area contributed by atoms with Crippen LogP contribution >= 0.6 is 11.3 Å². The lowest BCUT2D eigenvalue weighted by atomic mass is 10.1. The number of nitrogens with zero attached hydrogens (tertiary/aromatic N) is 2. The molecule has 7 nitrogen and oxygen atoms in total. The number of aromatic nitrogens is 2. The fraction of sp³-hybridized carbons (Fsp3) is 0.188. The van der Waals surface area contributed by atoms with E-state index in [2.05, 4.69) is 15.5 Å². The number of benzene rings is 1. The van der Waals surface area contributed by atoms with Crippen LogP contribution in [0.25, 0.3) is 0 Å². The van der Waals surface area contributed by atoms with E-state index in [4.69, 9.17) is 13.9 Å². The van der Waals surface area contributed by atoms with Crippen LogP contribution in [0.4, 0.5) is 6.01 Å². The number of carbonyl (C=O) groups is 1. The van der Waals surface area contributed by atoms with Crippen molar-refractivity contribution in [2.24, 2.45) is 0 Å². The number of fused-ring (bicyclic) bond motifs is 1. The van der Waals surface area contributed by atoms with Crippen LogP contribution in [0.15, 0.2) is 40.1 Å². The molecule has 1 aliphatic rings. The first-order chi connectivity index (χ1) is 11.8. The van der Waals surface area contributed by atoms with Crippen LogP contribution in [0.2, 0.25) is 0 Å². The molecule has 1 N–H and O–H groups in total. The third-order valence-electron chi connectivity index (χ3n) is 3.39. The van der Waals surface area contributed by atoms with Crippen molar-refractivity contribution in [3.8, 4) is 11.5 Å². The Kier molecular flexibility index (Phi) is 3.87. The summed E-state index contributed by atoms with van der Waals surface area (Å²) in [5, 5.41) is 12.2. The minimum Gasteiger partial charge on any atom is -0.486 e. The molecule has 0 radical (unpaired) electrons. The second kappa shape index (κ2) is 6.32. The van der Waals surface area contributed by atoms with Gasteiger partial charge < -0.3 is 13.9 Å².